The van der Waals surface area contributed by atoms with Crippen LogP contribution in [0.25, 0.3) is 0 Å². The van der Waals surface area contributed by atoms with Crippen LogP contribution in [-0.4, -0.2) is 38.3 Å². The van der Waals surface area contributed by atoms with Gasteiger partial charge in [0.15, 0.2) is 0 Å². The predicted molar refractivity (Wildman–Crippen MR) is 142 cm³/mol. The fourth-order valence-corrected chi connectivity index (χ4v) is 5.04. The van der Waals surface area contributed by atoms with E-state index in [-0.39, 0.29) is 17.4 Å². The van der Waals surface area contributed by atoms with Crippen LogP contribution >= 0.6 is 15.9 Å². The highest BCUT2D eigenvalue weighted by Gasteiger charge is 2.28. The van der Waals surface area contributed by atoms with Crippen molar-refractivity contribution in [1.29, 1.82) is 0 Å². The smallest absolute Gasteiger partial charge is 0.304 e. The molecule has 1 unspecified atom stereocenters. The third-order valence-corrected chi connectivity index (χ3v) is 6.96. The molecule has 0 radical (unpaired) electrons. The van der Waals surface area contributed by atoms with Crippen LogP contribution in [0.5, 0.6) is 0 Å². The van der Waals surface area contributed by atoms with Crippen LogP contribution in [0.15, 0.2) is 41.0 Å². The first-order valence-corrected chi connectivity index (χ1v) is 12.9. The quantitative estimate of drug-likeness (QED) is 0.373. The number of nitrogens with one attached hydrogen (secondary N) is 1. The molecule has 0 fully saturated rings. The van der Waals surface area contributed by atoms with Crippen LogP contribution in [0.3, 0.4) is 0 Å². The van der Waals surface area contributed by atoms with Crippen molar-refractivity contribution < 1.29 is 14.7 Å². The van der Waals surface area contributed by atoms with Gasteiger partial charge in [0, 0.05) is 41.8 Å². The van der Waals surface area contributed by atoms with E-state index in [0.29, 0.717) is 18.7 Å². The van der Waals surface area contributed by atoms with E-state index in [1.54, 1.807) is 10.9 Å². The number of aromatic nitrogens is 3. The number of hydrogen-bond donors (Lipinski definition) is 3. The van der Waals surface area contributed by atoms with Gasteiger partial charge in [0.05, 0.1) is 17.7 Å². The van der Waals surface area contributed by atoms with E-state index in [2.05, 4.69) is 53.2 Å². The minimum Gasteiger partial charge on any atom is -0.481 e. The molecule has 0 bridgehead atoms. The van der Waals surface area contributed by atoms with Gasteiger partial charge in [-0.15, -0.1) is 0 Å². The van der Waals surface area contributed by atoms with Crippen molar-refractivity contribution in [3.63, 3.8) is 0 Å². The number of nitrogens with two attached hydrogens (primary N) is 1. The molecule has 0 spiro atoms. The molecule has 3 aromatic rings. The zero-order valence-electron chi connectivity index (χ0n) is 20.8. The first kappa shape index (κ1) is 25.9. The largest absolute Gasteiger partial charge is 0.481 e. The Bertz CT molecular complexity index is 1300. The van der Waals surface area contributed by atoms with E-state index in [1.165, 1.54) is 5.56 Å². The van der Waals surface area contributed by atoms with E-state index in [1.807, 2.05) is 24.3 Å². The van der Waals surface area contributed by atoms with E-state index >= 15 is 0 Å². The lowest BCUT2D eigenvalue weighted by Gasteiger charge is -2.23. The van der Waals surface area contributed by atoms with Gasteiger partial charge in [-0.05, 0) is 53.1 Å². The first-order valence-electron chi connectivity index (χ1n) is 12.1. The molecule has 1 amide bonds. The third-order valence-electron chi connectivity index (χ3n) is 6.50. The van der Waals surface area contributed by atoms with Crippen molar-refractivity contribution in [2.75, 3.05) is 11.9 Å². The number of hydrogen-bond acceptors (Lipinski definition) is 5. The van der Waals surface area contributed by atoms with Gasteiger partial charge in [0.25, 0.3) is 5.91 Å². The molecule has 1 aliphatic heterocycles. The zero-order chi connectivity index (χ0) is 26.0. The number of nitrogens with zero attached hydrogens (tertiary/aromatic N) is 3. The second-order valence-corrected chi connectivity index (χ2v) is 11.2. The highest BCUT2D eigenvalue weighted by Crippen LogP contribution is 2.35. The van der Waals surface area contributed by atoms with Crippen molar-refractivity contribution in [2.45, 2.75) is 64.3 Å². The number of pyridine rings is 1. The maximum absolute atomic E-state index is 12.4. The molecule has 190 valence electrons. The number of aryl methyl sites for hydroxylation is 3. The summed E-state index contributed by atoms with van der Waals surface area (Å²) in [5, 5.41) is 17.7. The number of fused-ring (bicyclic) bond motifs is 1. The number of benzene rings is 1. The minimum atomic E-state index is -0.979. The maximum Gasteiger partial charge on any atom is 0.304 e. The lowest BCUT2D eigenvalue weighted by molar-refractivity contribution is -0.137. The average Bonchev–Trinajstić information content (AvgIpc) is 3.24. The number of anilines is 1. The molecule has 9 heteroatoms. The number of carboxylic acids is 1. The fraction of sp³-hybridized carbons (Fsp3) is 0.407. The van der Waals surface area contributed by atoms with Gasteiger partial charge in [-0.2, -0.15) is 5.10 Å². The summed E-state index contributed by atoms with van der Waals surface area (Å²) in [6.45, 7) is 7.69. The molecule has 0 saturated carbocycles. The molecule has 3 heterocycles. The van der Waals surface area contributed by atoms with Crippen molar-refractivity contribution in [3.8, 4) is 0 Å². The molecular weight excluding hydrogens is 522 g/mol. The van der Waals surface area contributed by atoms with E-state index < -0.39 is 17.8 Å². The number of rotatable bonds is 8. The molecule has 0 saturated heterocycles. The number of primary amides is 1. The van der Waals surface area contributed by atoms with Crippen LogP contribution in [-0.2, 0) is 29.6 Å². The maximum atomic E-state index is 12.4. The normalized spacial score (nSPS) is 14.1. The molecule has 4 N–H and O–H groups in total. The number of carbonyl (C=O) groups excluding carboxylic acids is 1. The van der Waals surface area contributed by atoms with Gasteiger partial charge >= 0.3 is 5.97 Å². The van der Waals surface area contributed by atoms with Gasteiger partial charge in [0.1, 0.15) is 5.82 Å². The molecule has 1 aliphatic rings. The number of amides is 1. The van der Waals surface area contributed by atoms with Crippen LogP contribution in [0.1, 0.15) is 78.0 Å². The lowest BCUT2D eigenvalue weighted by Crippen LogP contribution is -2.18. The standard InChI is InChI=1S/C27H32BrN5O3/c1-27(2,3)18-11-17(12-19(28)13-18)21(14-23(34)35)24-22(25(29)36)15-33(32-24)10-8-20-7-6-16-5-4-9-30-26(16)31-20/h6-7,11-13,15,21H,4-5,8-10,14H2,1-3H3,(H2,29,36)(H,30,31)(H,34,35). The van der Waals surface area contributed by atoms with E-state index in [0.717, 1.165) is 46.5 Å². The highest BCUT2D eigenvalue weighted by molar-refractivity contribution is 9.10. The van der Waals surface area contributed by atoms with E-state index in [4.69, 9.17) is 10.7 Å². The Morgan fingerprint density at radius 2 is 2.03 bits per heavy atom. The Balaban J connectivity index is 1.67. The molecule has 4 rings (SSSR count). The van der Waals surface area contributed by atoms with E-state index in [9.17, 15) is 14.7 Å². The lowest BCUT2D eigenvalue weighted by atomic mass is 9.82. The Labute approximate surface area is 219 Å². The van der Waals surface area contributed by atoms with Crippen molar-refractivity contribution in [1.82, 2.24) is 14.8 Å². The predicted octanol–water partition coefficient (Wildman–Crippen LogP) is 4.64. The summed E-state index contributed by atoms with van der Waals surface area (Å²) in [6.07, 6.45) is 4.15. The summed E-state index contributed by atoms with van der Waals surface area (Å²) in [5.41, 5.74) is 10.2. The summed E-state index contributed by atoms with van der Waals surface area (Å²) in [4.78, 5) is 29.0. The second kappa shape index (κ2) is 10.4. The van der Waals surface area contributed by atoms with Gasteiger partial charge in [0.2, 0.25) is 0 Å². The Kier molecular flexibility index (Phi) is 7.49. The van der Waals surface area contributed by atoms with Crippen LogP contribution < -0.4 is 11.1 Å². The zero-order valence-corrected chi connectivity index (χ0v) is 22.4. The van der Waals surface area contributed by atoms with Crippen LogP contribution in [0.2, 0.25) is 0 Å². The topological polar surface area (TPSA) is 123 Å². The Morgan fingerprint density at radius 1 is 1.25 bits per heavy atom. The highest BCUT2D eigenvalue weighted by atomic mass is 79.9. The average molecular weight is 554 g/mol. The number of carboxylic acid groups (broad SMARTS) is 1. The van der Waals surface area contributed by atoms with Gasteiger partial charge in [-0.1, -0.05) is 48.8 Å². The SMILES string of the molecule is CC(C)(C)c1cc(Br)cc(C(CC(=O)O)c2nn(CCc3ccc4c(n3)NCCC4)cc2C(N)=O)c1. The summed E-state index contributed by atoms with van der Waals surface area (Å²) >= 11 is 3.57. The fourth-order valence-electron chi connectivity index (χ4n) is 4.53. The molecule has 8 nitrogen and oxygen atoms in total. The summed E-state index contributed by atoms with van der Waals surface area (Å²) in [6, 6.07) is 10.0. The summed E-state index contributed by atoms with van der Waals surface area (Å²) in [7, 11) is 0. The molecular formula is C27H32BrN5O3. The molecule has 1 atom stereocenters. The van der Waals surface area contributed by atoms with Crippen LogP contribution in [0, 0.1) is 0 Å². The van der Waals surface area contributed by atoms with Crippen molar-refractivity contribution in [3.05, 3.63) is 74.6 Å². The monoisotopic (exact) mass is 553 g/mol. The minimum absolute atomic E-state index is 0.144. The number of carbonyl (C=O) groups is 2. The van der Waals surface area contributed by atoms with Crippen molar-refractivity contribution in [2.24, 2.45) is 5.73 Å². The number of aliphatic carboxylic acids is 1. The molecule has 0 aliphatic carbocycles. The third kappa shape index (κ3) is 5.95. The summed E-state index contributed by atoms with van der Waals surface area (Å²) in [5.74, 6) is -1.30. The second-order valence-electron chi connectivity index (χ2n) is 10.3. The summed E-state index contributed by atoms with van der Waals surface area (Å²) < 4.78 is 2.51. The Morgan fingerprint density at radius 3 is 2.72 bits per heavy atom. The number of halogens is 1. The van der Waals surface area contributed by atoms with Gasteiger partial charge in [-0.25, -0.2) is 4.98 Å². The van der Waals surface area contributed by atoms with Gasteiger partial charge in [-0.3, -0.25) is 14.3 Å². The first-order chi connectivity index (χ1) is 17.0. The molecule has 36 heavy (non-hydrogen) atoms. The molecule has 2 aromatic heterocycles. The van der Waals surface area contributed by atoms with Crippen molar-refractivity contribution >= 4 is 33.6 Å². The van der Waals surface area contributed by atoms with Gasteiger partial charge < -0.3 is 16.2 Å². The van der Waals surface area contributed by atoms with Crippen LogP contribution in [0.4, 0.5) is 5.82 Å². The Hall–Kier alpha value is -3.20. The molecule has 1 aromatic carbocycles.